The lowest BCUT2D eigenvalue weighted by Crippen LogP contribution is -2.35. The van der Waals surface area contributed by atoms with E-state index < -0.39 is 6.04 Å². The highest BCUT2D eigenvalue weighted by Crippen LogP contribution is 2.39. The number of benzene rings is 1. The molecule has 1 atom stereocenters. The number of nitrogens with two attached hydrogens (primary N) is 1. The minimum atomic E-state index is -0.641. The predicted molar refractivity (Wildman–Crippen MR) is 236 cm³/mol. The highest BCUT2D eigenvalue weighted by atomic mass is 16.5. The van der Waals surface area contributed by atoms with Crippen molar-refractivity contribution in [2.75, 3.05) is 55.8 Å². The summed E-state index contributed by atoms with van der Waals surface area (Å²) in [5, 5.41) is 21.1. The number of aryl methyl sites for hydroxylation is 1. The van der Waals surface area contributed by atoms with E-state index in [0.29, 0.717) is 34.8 Å². The second-order valence-corrected chi connectivity index (χ2v) is 17.2. The molecule has 0 spiro atoms. The van der Waals surface area contributed by atoms with Gasteiger partial charge in [0.25, 0.3) is 0 Å². The standard InChI is InChI=1S/C25H34N6O.C18H23N3O4.C2H7N/c1-25(9-10-25)32-23-13-19(20(26)15-28-23)24(27)21-14-22(30-16-29-21)31-11-7-18(8-12-31)6-5-17-3-2-4-17;1-19-17-11-13(20-8-6-15(24)7-9-20)4-5-16(17)21(18(19)25)14(12-23)3-2-10-22;1-3-2/h13-18,27H,2-12,26H2,1H3;4-5,10-12,14-15,24H,2-3,6-9H2,1H3;3H,1-2H3. The predicted octanol–water partition coefficient (Wildman–Crippen LogP) is 5.45. The molecule has 60 heavy (non-hydrogen) atoms. The second kappa shape index (κ2) is 20.4. The molecule has 0 amide bonds. The van der Waals surface area contributed by atoms with Gasteiger partial charge in [-0.3, -0.25) is 14.5 Å². The molecule has 2 saturated heterocycles. The molecule has 324 valence electrons. The first-order valence-corrected chi connectivity index (χ1v) is 21.7. The number of hydrogen-bond donors (Lipinski definition) is 4. The molecule has 0 radical (unpaired) electrons. The number of aliphatic hydroxyl groups is 1. The molecule has 15 nitrogen and oxygen atoms in total. The Hall–Kier alpha value is -5.15. The van der Waals surface area contributed by atoms with Gasteiger partial charge in [-0.05, 0) is 96.0 Å². The molecule has 4 fully saturated rings. The van der Waals surface area contributed by atoms with E-state index in [1.165, 1.54) is 54.1 Å². The Labute approximate surface area is 353 Å². The van der Waals surface area contributed by atoms with Gasteiger partial charge in [0.05, 0.1) is 46.5 Å². The number of piperidine rings is 2. The number of hydrogen-bond acceptors (Lipinski definition) is 13. The zero-order valence-corrected chi connectivity index (χ0v) is 35.8. The van der Waals surface area contributed by atoms with Gasteiger partial charge in [-0.15, -0.1) is 0 Å². The maximum Gasteiger partial charge on any atom is 0.329 e. The average molecular weight is 825 g/mol. The van der Waals surface area contributed by atoms with E-state index in [1.807, 2.05) is 38.4 Å². The molecule has 4 aromatic rings. The number of pyridine rings is 1. The molecule has 0 bridgehead atoms. The summed E-state index contributed by atoms with van der Waals surface area (Å²) in [6, 6.07) is 8.78. The van der Waals surface area contributed by atoms with Gasteiger partial charge in [-0.25, -0.2) is 19.7 Å². The van der Waals surface area contributed by atoms with Crippen LogP contribution < -0.4 is 31.3 Å². The van der Waals surface area contributed by atoms with Gasteiger partial charge in [0.2, 0.25) is 5.88 Å². The van der Waals surface area contributed by atoms with Crippen LogP contribution in [0.4, 0.5) is 17.2 Å². The monoisotopic (exact) mass is 825 g/mol. The minimum Gasteiger partial charge on any atom is -0.471 e. The molecular formula is C45H64N10O5. The summed E-state index contributed by atoms with van der Waals surface area (Å²) in [5.41, 5.74) is 10.1. The van der Waals surface area contributed by atoms with E-state index in [-0.39, 0.29) is 29.5 Å². The van der Waals surface area contributed by atoms with Crippen LogP contribution in [0, 0.1) is 17.2 Å². The van der Waals surface area contributed by atoms with Crippen LogP contribution in [0.3, 0.4) is 0 Å². The van der Waals surface area contributed by atoms with E-state index in [0.717, 1.165) is 93.3 Å². The first-order chi connectivity index (χ1) is 29.0. The fourth-order valence-electron chi connectivity index (χ4n) is 8.24. The van der Waals surface area contributed by atoms with Crippen molar-refractivity contribution in [1.82, 2.24) is 29.4 Å². The molecule has 5 N–H and O–H groups in total. The van der Waals surface area contributed by atoms with Gasteiger partial charge < -0.3 is 40.3 Å². The van der Waals surface area contributed by atoms with Crippen molar-refractivity contribution in [3.05, 3.63) is 64.6 Å². The molecule has 2 aliphatic carbocycles. The smallest absolute Gasteiger partial charge is 0.329 e. The first kappa shape index (κ1) is 44.4. The number of aldehydes is 2. The molecule has 15 heteroatoms. The number of imidazole rings is 1. The normalized spacial score (nSPS) is 18.4. The molecule has 4 aliphatic rings. The van der Waals surface area contributed by atoms with Crippen LogP contribution >= 0.6 is 0 Å². The Kier molecular flexibility index (Phi) is 15.1. The van der Waals surface area contributed by atoms with Crippen LogP contribution in [0.5, 0.6) is 5.88 Å². The topological polar surface area (TPSA) is 198 Å². The summed E-state index contributed by atoms with van der Waals surface area (Å²) in [5.74, 6) is 3.25. The Morgan fingerprint density at radius 3 is 2.25 bits per heavy atom. The van der Waals surface area contributed by atoms with E-state index in [1.54, 1.807) is 25.6 Å². The van der Waals surface area contributed by atoms with E-state index in [4.69, 9.17) is 15.9 Å². The van der Waals surface area contributed by atoms with E-state index >= 15 is 0 Å². The second-order valence-electron chi connectivity index (χ2n) is 17.2. The quantitative estimate of drug-likeness (QED) is 0.0928. The number of aromatic nitrogens is 5. The molecule has 3 aromatic heterocycles. The third kappa shape index (κ3) is 11.0. The SMILES string of the molecule is CC1(Oc2cc(C(=N)c3cc(N4CCC(CCC5CCC5)CC4)ncn3)c(N)cn2)CC1.CNC.Cn1c(=O)n(C(C=O)CCC=O)c2ccc(N3CCC(O)CC3)cc21. The van der Waals surface area contributed by atoms with Gasteiger partial charge in [0, 0.05) is 63.0 Å². The number of nitrogen functional groups attached to an aromatic ring is 1. The Morgan fingerprint density at radius 2 is 1.63 bits per heavy atom. The maximum absolute atomic E-state index is 12.6. The maximum atomic E-state index is 12.6. The molecule has 1 unspecified atom stereocenters. The molecule has 5 heterocycles. The lowest BCUT2D eigenvalue weighted by molar-refractivity contribution is -0.111. The number of fused-ring (bicyclic) bond motifs is 1. The number of carbonyl (C=O) groups is 2. The van der Waals surface area contributed by atoms with Crippen LogP contribution in [0.15, 0.2) is 47.7 Å². The number of anilines is 3. The summed E-state index contributed by atoms with van der Waals surface area (Å²) in [4.78, 5) is 52.4. The number of aliphatic hydroxyl groups excluding tert-OH is 1. The Bertz CT molecular complexity index is 2130. The van der Waals surface area contributed by atoms with E-state index in [2.05, 4.69) is 37.0 Å². The zero-order valence-electron chi connectivity index (χ0n) is 35.8. The summed E-state index contributed by atoms with van der Waals surface area (Å²) in [6.45, 7) is 5.67. The van der Waals surface area contributed by atoms with Gasteiger partial charge in [-0.1, -0.05) is 32.1 Å². The molecule has 1 aromatic carbocycles. The molecule has 2 saturated carbocycles. The third-order valence-electron chi connectivity index (χ3n) is 12.5. The van der Waals surface area contributed by atoms with E-state index in [9.17, 15) is 19.5 Å². The lowest BCUT2D eigenvalue weighted by Gasteiger charge is -2.34. The Balaban J connectivity index is 0.000000194. The van der Waals surface area contributed by atoms with Crippen molar-refractivity contribution in [1.29, 1.82) is 5.41 Å². The van der Waals surface area contributed by atoms with Gasteiger partial charge in [-0.2, -0.15) is 0 Å². The highest BCUT2D eigenvalue weighted by Gasteiger charge is 2.40. The number of carbonyl (C=O) groups excluding carboxylic acids is 2. The molecule has 2 aliphatic heterocycles. The van der Waals surface area contributed by atoms with Crippen molar-refractivity contribution >= 4 is 46.5 Å². The summed E-state index contributed by atoms with van der Waals surface area (Å²) in [7, 11) is 5.44. The van der Waals surface area contributed by atoms with Crippen LogP contribution in [0.1, 0.15) is 108 Å². The van der Waals surface area contributed by atoms with Crippen molar-refractivity contribution in [3.63, 3.8) is 0 Å². The summed E-state index contributed by atoms with van der Waals surface area (Å²) < 4.78 is 8.97. The zero-order chi connectivity index (χ0) is 42.8. The van der Waals surface area contributed by atoms with Crippen molar-refractivity contribution in [3.8, 4) is 5.88 Å². The fourth-order valence-corrected chi connectivity index (χ4v) is 8.24. The third-order valence-corrected chi connectivity index (χ3v) is 12.5. The van der Waals surface area contributed by atoms with Crippen LogP contribution in [-0.2, 0) is 16.6 Å². The van der Waals surface area contributed by atoms with Gasteiger partial charge >= 0.3 is 5.69 Å². The van der Waals surface area contributed by atoms with Crippen molar-refractivity contribution in [2.45, 2.75) is 108 Å². The average Bonchev–Trinajstić information content (AvgIpc) is 3.92. The van der Waals surface area contributed by atoms with Gasteiger partial charge in [0.15, 0.2) is 0 Å². The van der Waals surface area contributed by atoms with Crippen LogP contribution in [0.2, 0.25) is 0 Å². The fraction of sp³-hybridized carbons (Fsp3) is 0.578. The van der Waals surface area contributed by atoms with Crippen molar-refractivity contribution in [2.24, 2.45) is 18.9 Å². The Morgan fingerprint density at radius 1 is 0.967 bits per heavy atom. The largest absolute Gasteiger partial charge is 0.471 e. The van der Waals surface area contributed by atoms with Gasteiger partial charge in [0.1, 0.15) is 30.3 Å². The summed E-state index contributed by atoms with van der Waals surface area (Å²) in [6.07, 6.45) is 18.0. The number of rotatable bonds is 14. The van der Waals surface area contributed by atoms with Crippen LogP contribution in [0.25, 0.3) is 11.0 Å². The van der Waals surface area contributed by atoms with Crippen LogP contribution in [-0.4, -0.2) is 99.5 Å². The number of nitrogens with zero attached hydrogens (tertiary/aromatic N) is 7. The highest BCUT2D eigenvalue weighted by molar-refractivity contribution is 6.13. The molecule has 8 rings (SSSR count). The minimum absolute atomic E-state index is 0.130. The first-order valence-electron chi connectivity index (χ1n) is 21.7. The summed E-state index contributed by atoms with van der Waals surface area (Å²) >= 11 is 0. The number of ether oxygens (including phenoxy) is 1. The molecular weight excluding hydrogens is 761 g/mol. The van der Waals surface area contributed by atoms with Crippen molar-refractivity contribution < 1.29 is 19.4 Å². The lowest BCUT2D eigenvalue weighted by atomic mass is 9.79. The number of nitrogens with one attached hydrogen (secondary N) is 2.